The Morgan fingerprint density at radius 2 is 1.80 bits per heavy atom. The SMILES string of the molecule is C=C(C)[C@@H]1CCC(C)=C[C@H]1c1c(O)cc(CCCCC)cc1OC(=O)C1(OP(=O)([O-])OCCCCC)CCCCC1. The molecule has 0 aliphatic heterocycles. The fraction of sp³-hybridized carbons (Fsp3) is 0.667. The van der Waals surface area contributed by atoms with E-state index in [1.165, 1.54) is 5.57 Å². The topological polar surface area (TPSA) is 105 Å². The first-order valence-corrected chi connectivity index (χ1v) is 17.0. The lowest BCUT2D eigenvalue weighted by atomic mass is 9.73. The number of benzene rings is 1. The number of ether oxygens (including phenoxy) is 1. The van der Waals surface area contributed by atoms with Gasteiger partial charge in [0.2, 0.25) is 0 Å². The molecule has 1 saturated carbocycles. The summed E-state index contributed by atoms with van der Waals surface area (Å²) >= 11 is 0. The first kappa shape index (κ1) is 33.6. The largest absolute Gasteiger partial charge is 0.756 e. The van der Waals surface area contributed by atoms with Gasteiger partial charge < -0.3 is 19.3 Å². The number of carbonyl (C=O) groups is 1. The quantitative estimate of drug-likeness (QED) is 0.0719. The van der Waals surface area contributed by atoms with Crippen LogP contribution in [0.4, 0.5) is 0 Å². The van der Waals surface area contributed by atoms with E-state index >= 15 is 0 Å². The molecule has 0 aromatic heterocycles. The number of phenolic OH excluding ortho intramolecular Hbond substituents is 1. The van der Waals surface area contributed by atoms with Gasteiger partial charge in [-0.3, -0.25) is 9.09 Å². The molecule has 1 unspecified atom stereocenters. The minimum absolute atomic E-state index is 0.0211. The summed E-state index contributed by atoms with van der Waals surface area (Å²) in [6, 6.07) is 3.61. The second kappa shape index (κ2) is 15.5. The Morgan fingerprint density at radius 3 is 2.46 bits per heavy atom. The lowest BCUT2D eigenvalue weighted by Crippen LogP contribution is -2.46. The van der Waals surface area contributed by atoms with Gasteiger partial charge in [0, 0.05) is 11.5 Å². The minimum atomic E-state index is -4.75. The number of allylic oxidation sites excluding steroid dienone is 3. The number of hydrogen-bond acceptors (Lipinski definition) is 7. The van der Waals surface area contributed by atoms with Gasteiger partial charge in [0.05, 0.1) is 6.61 Å². The molecule has 2 aliphatic carbocycles. The summed E-state index contributed by atoms with van der Waals surface area (Å²) in [7, 11) is -4.75. The van der Waals surface area contributed by atoms with Crippen LogP contribution in [0.1, 0.15) is 128 Å². The number of hydrogen-bond donors (Lipinski definition) is 1. The smallest absolute Gasteiger partial charge is 0.344 e. The van der Waals surface area contributed by atoms with Gasteiger partial charge in [-0.25, -0.2) is 4.79 Å². The number of esters is 1. The summed E-state index contributed by atoms with van der Waals surface area (Å²) < 4.78 is 29.7. The first-order valence-electron chi connectivity index (χ1n) is 15.6. The van der Waals surface area contributed by atoms with E-state index < -0.39 is 19.4 Å². The molecule has 3 atom stereocenters. The van der Waals surface area contributed by atoms with E-state index in [2.05, 4.69) is 26.5 Å². The molecule has 0 bridgehead atoms. The standard InChI is InChI=1S/C33H51O7P/c1-6-8-11-15-26-22-29(34)31(28-21-25(5)16-17-27(28)24(3)4)30(23-26)39-32(35)33(18-12-10-13-19-33)40-41(36,37)38-20-14-9-7-2/h21-23,27-28,34H,3,6-20H2,1-2,4-5H3,(H,36,37)/p-1/t27-,28+/m0/s1. The van der Waals surface area contributed by atoms with E-state index in [1.54, 1.807) is 6.07 Å². The third-order valence-electron chi connectivity index (χ3n) is 8.48. The molecule has 2 aliphatic rings. The molecule has 1 N–H and O–H groups in total. The monoisotopic (exact) mass is 589 g/mol. The van der Waals surface area contributed by atoms with Crippen molar-refractivity contribution in [2.75, 3.05) is 6.61 Å². The third-order valence-corrected chi connectivity index (χ3v) is 9.55. The Morgan fingerprint density at radius 1 is 1.12 bits per heavy atom. The van der Waals surface area contributed by atoms with E-state index in [9.17, 15) is 19.4 Å². The molecule has 0 spiro atoms. The average molecular weight is 590 g/mol. The summed E-state index contributed by atoms with van der Waals surface area (Å²) in [5, 5.41) is 11.4. The van der Waals surface area contributed by atoms with Crippen LogP contribution in [-0.4, -0.2) is 23.3 Å². The fourth-order valence-electron chi connectivity index (χ4n) is 6.13. The zero-order valence-corrected chi connectivity index (χ0v) is 26.4. The number of phosphoric acid groups is 1. The van der Waals surface area contributed by atoms with Gasteiger partial charge in [-0.15, -0.1) is 0 Å². The van der Waals surface area contributed by atoms with Crippen molar-refractivity contribution in [1.29, 1.82) is 0 Å². The Kier molecular flexibility index (Phi) is 12.7. The Hall–Kier alpha value is -1.92. The van der Waals surface area contributed by atoms with Crippen molar-refractivity contribution < 1.29 is 33.1 Å². The van der Waals surface area contributed by atoms with Gasteiger partial charge in [-0.1, -0.05) is 69.8 Å². The highest BCUT2D eigenvalue weighted by Crippen LogP contribution is 2.50. The summed E-state index contributed by atoms with van der Waals surface area (Å²) in [6.45, 7) is 12.4. The van der Waals surface area contributed by atoms with Crippen molar-refractivity contribution in [2.24, 2.45) is 5.92 Å². The summed E-state index contributed by atoms with van der Waals surface area (Å²) in [6.07, 6.45) is 12.7. The van der Waals surface area contributed by atoms with Crippen molar-refractivity contribution in [2.45, 2.75) is 129 Å². The van der Waals surface area contributed by atoms with Crippen LogP contribution >= 0.6 is 7.82 Å². The minimum Gasteiger partial charge on any atom is -0.756 e. The molecule has 1 aromatic rings. The van der Waals surface area contributed by atoms with Gasteiger partial charge in [0.25, 0.3) is 7.82 Å². The van der Waals surface area contributed by atoms with Gasteiger partial charge >= 0.3 is 5.97 Å². The zero-order chi connectivity index (χ0) is 30.0. The zero-order valence-electron chi connectivity index (χ0n) is 25.5. The number of unbranched alkanes of at least 4 members (excludes halogenated alkanes) is 4. The van der Waals surface area contributed by atoms with Crippen LogP contribution in [0.2, 0.25) is 0 Å². The molecule has 0 saturated heterocycles. The predicted octanol–water partition coefficient (Wildman–Crippen LogP) is 8.44. The molecule has 0 radical (unpaired) electrons. The van der Waals surface area contributed by atoms with E-state index in [0.29, 0.717) is 24.8 Å². The highest BCUT2D eigenvalue weighted by Gasteiger charge is 2.46. The summed E-state index contributed by atoms with van der Waals surface area (Å²) in [4.78, 5) is 26.8. The molecular weight excluding hydrogens is 539 g/mol. The molecule has 1 fully saturated rings. The van der Waals surface area contributed by atoms with E-state index in [0.717, 1.165) is 68.9 Å². The fourth-order valence-corrected chi connectivity index (χ4v) is 7.22. The predicted molar refractivity (Wildman–Crippen MR) is 161 cm³/mol. The second-order valence-corrected chi connectivity index (χ2v) is 13.4. The van der Waals surface area contributed by atoms with Crippen molar-refractivity contribution in [3.8, 4) is 11.5 Å². The molecule has 0 heterocycles. The van der Waals surface area contributed by atoms with Gasteiger partial charge in [0.1, 0.15) is 11.5 Å². The summed E-state index contributed by atoms with van der Waals surface area (Å²) in [5.74, 6) is -0.547. The highest BCUT2D eigenvalue weighted by molar-refractivity contribution is 7.46. The normalized spacial score (nSPS) is 22.0. The van der Waals surface area contributed by atoms with Crippen LogP contribution in [0.3, 0.4) is 0 Å². The third kappa shape index (κ3) is 9.28. The van der Waals surface area contributed by atoms with Crippen molar-refractivity contribution in [3.63, 3.8) is 0 Å². The maximum Gasteiger partial charge on any atom is 0.344 e. The number of phosphoric ester groups is 1. The number of aromatic hydroxyl groups is 1. The van der Waals surface area contributed by atoms with Crippen LogP contribution in [-0.2, 0) is 24.8 Å². The maximum atomic E-state index is 14.0. The van der Waals surface area contributed by atoms with Crippen LogP contribution < -0.4 is 9.63 Å². The van der Waals surface area contributed by atoms with Gasteiger partial charge in [-0.05, 0) is 95.2 Å². The number of aryl methyl sites for hydroxylation is 1. The van der Waals surface area contributed by atoms with E-state index in [1.807, 2.05) is 19.9 Å². The van der Waals surface area contributed by atoms with Gasteiger partial charge in [0.15, 0.2) is 5.60 Å². The molecule has 8 heteroatoms. The van der Waals surface area contributed by atoms with Crippen LogP contribution in [0.25, 0.3) is 0 Å². The molecule has 3 rings (SSSR count). The highest BCUT2D eigenvalue weighted by atomic mass is 31.2. The molecule has 7 nitrogen and oxygen atoms in total. The van der Waals surface area contributed by atoms with E-state index in [4.69, 9.17) is 13.8 Å². The average Bonchev–Trinajstić information content (AvgIpc) is 2.91. The molecule has 230 valence electrons. The lowest BCUT2D eigenvalue weighted by molar-refractivity contribution is -0.240. The van der Waals surface area contributed by atoms with E-state index in [-0.39, 0.29) is 42.8 Å². The molecule has 0 amide bonds. The first-order chi connectivity index (χ1) is 19.5. The maximum absolute atomic E-state index is 14.0. The van der Waals surface area contributed by atoms with Crippen LogP contribution in [0.5, 0.6) is 11.5 Å². The second-order valence-electron chi connectivity index (χ2n) is 12.0. The van der Waals surface area contributed by atoms with Crippen LogP contribution in [0, 0.1) is 5.92 Å². The molecule has 1 aromatic carbocycles. The molecular formula is C33H50O7P-. The Labute approximate surface area is 247 Å². The summed E-state index contributed by atoms with van der Waals surface area (Å²) in [5.41, 5.74) is 1.96. The Bertz CT molecular complexity index is 1120. The lowest BCUT2D eigenvalue weighted by Gasteiger charge is -2.39. The van der Waals surface area contributed by atoms with Crippen molar-refractivity contribution in [1.82, 2.24) is 0 Å². The van der Waals surface area contributed by atoms with Crippen molar-refractivity contribution in [3.05, 3.63) is 47.1 Å². The Balaban J connectivity index is 1.99. The number of carbonyl (C=O) groups excluding carboxylic acids is 1. The molecule has 41 heavy (non-hydrogen) atoms. The van der Waals surface area contributed by atoms with Gasteiger partial charge in [-0.2, -0.15) is 0 Å². The number of rotatable bonds is 15. The number of phenols is 1. The van der Waals surface area contributed by atoms with Crippen molar-refractivity contribution >= 4 is 13.8 Å². The van der Waals surface area contributed by atoms with Crippen LogP contribution in [0.15, 0.2) is 35.9 Å².